The van der Waals surface area contributed by atoms with Gasteiger partial charge in [-0.2, -0.15) is 0 Å². The quantitative estimate of drug-likeness (QED) is 0.361. The molecule has 0 amide bonds. The van der Waals surface area contributed by atoms with Crippen molar-refractivity contribution < 1.29 is 9.59 Å². The van der Waals surface area contributed by atoms with E-state index in [2.05, 4.69) is 5.23 Å². The molecule has 0 saturated carbocycles. The van der Waals surface area contributed by atoms with E-state index < -0.39 is 0 Å². The standard InChI is InChI=1S/C6H9BNO2/c9-5-3-1-2-4-8-7-6(5)10/h8H,1-4H2. The summed E-state index contributed by atoms with van der Waals surface area (Å²) in [6, 6.07) is 0. The molecule has 4 heteroatoms. The zero-order valence-corrected chi connectivity index (χ0v) is 5.72. The fraction of sp³-hybridized carbons (Fsp3) is 0.667. The molecule has 0 bridgehead atoms. The topological polar surface area (TPSA) is 46.2 Å². The molecular weight excluding hydrogens is 129 g/mol. The van der Waals surface area contributed by atoms with E-state index in [9.17, 15) is 9.59 Å². The number of ketones is 1. The molecule has 1 heterocycles. The summed E-state index contributed by atoms with van der Waals surface area (Å²) >= 11 is 0. The maximum atomic E-state index is 10.7. The lowest BCUT2D eigenvalue weighted by Gasteiger charge is -2.05. The molecular formula is C6H9BNO2. The van der Waals surface area contributed by atoms with Gasteiger partial charge in [0.15, 0.2) is 11.5 Å². The van der Waals surface area contributed by atoms with E-state index in [1.807, 2.05) is 0 Å². The average Bonchev–Trinajstić information content (AvgIpc) is 1.92. The van der Waals surface area contributed by atoms with Crippen LogP contribution in [-0.4, -0.2) is 25.4 Å². The number of rotatable bonds is 0. The minimum absolute atomic E-state index is 0.271. The summed E-state index contributed by atoms with van der Waals surface area (Å²) in [7, 11) is 1.27. The molecule has 0 unspecified atom stereocenters. The van der Waals surface area contributed by atoms with E-state index in [0.29, 0.717) is 6.42 Å². The third kappa shape index (κ3) is 1.95. The molecule has 1 N–H and O–H groups in total. The molecule has 53 valence electrons. The van der Waals surface area contributed by atoms with Crippen molar-refractivity contribution in [3.05, 3.63) is 0 Å². The lowest BCUT2D eigenvalue weighted by Crippen LogP contribution is -2.35. The van der Waals surface area contributed by atoms with Gasteiger partial charge < -0.3 is 10.0 Å². The van der Waals surface area contributed by atoms with Gasteiger partial charge in [-0.1, -0.05) is 0 Å². The second kappa shape index (κ2) is 3.51. The maximum absolute atomic E-state index is 10.7. The van der Waals surface area contributed by atoms with E-state index in [1.165, 1.54) is 7.41 Å². The fourth-order valence-electron chi connectivity index (χ4n) is 0.881. The SMILES string of the molecule is O=C1[B]NCCCCC1=O. The average molecular weight is 138 g/mol. The monoisotopic (exact) mass is 138 g/mol. The second-order valence-electron chi connectivity index (χ2n) is 2.34. The molecule has 1 aliphatic heterocycles. The highest BCUT2D eigenvalue weighted by molar-refractivity contribution is 6.86. The van der Waals surface area contributed by atoms with Gasteiger partial charge in [-0.05, 0) is 19.4 Å². The van der Waals surface area contributed by atoms with E-state index in [4.69, 9.17) is 0 Å². The highest BCUT2D eigenvalue weighted by atomic mass is 16.2. The predicted molar refractivity (Wildman–Crippen MR) is 37.6 cm³/mol. The number of carbonyl (C=O) groups excluding carboxylic acids is 2. The van der Waals surface area contributed by atoms with Crippen molar-refractivity contribution >= 4 is 18.9 Å². The summed E-state index contributed by atoms with van der Waals surface area (Å²) in [5.41, 5.74) is -0.389. The van der Waals surface area contributed by atoms with Crippen LogP contribution >= 0.6 is 0 Å². The van der Waals surface area contributed by atoms with Crippen molar-refractivity contribution in [3.63, 3.8) is 0 Å². The Labute approximate surface area is 60.4 Å². The van der Waals surface area contributed by atoms with E-state index in [1.54, 1.807) is 0 Å². The van der Waals surface area contributed by atoms with Crippen LogP contribution in [0, 0.1) is 0 Å². The van der Waals surface area contributed by atoms with E-state index in [-0.39, 0.29) is 11.5 Å². The van der Waals surface area contributed by atoms with Gasteiger partial charge >= 0.3 is 7.41 Å². The lowest BCUT2D eigenvalue weighted by molar-refractivity contribution is -0.132. The maximum Gasteiger partial charge on any atom is 0.306 e. The first-order chi connectivity index (χ1) is 4.80. The molecule has 0 aromatic heterocycles. The van der Waals surface area contributed by atoms with Crippen LogP contribution in [0.1, 0.15) is 19.3 Å². The van der Waals surface area contributed by atoms with Crippen molar-refractivity contribution in [3.8, 4) is 0 Å². The first-order valence-corrected chi connectivity index (χ1v) is 3.44. The van der Waals surface area contributed by atoms with Crippen molar-refractivity contribution in [2.24, 2.45) is 0 Å². The molecule has 0 aromatic rings. The molecule has 0 spiro atoms. The number of carbonyl (C=O) groups is 2. The van der Waals surface area contributed by atoms with Crippen LogP contribution in [0.3, 0.4) is 0 Å². The third-order valence-corrected chi connectivity index (χ3v) is 1.48. The number of Topliss-reactive ketones (excluding diaryl/α,β-unsaturated/α-hetero) is 1. The minimum atomic E-state index is -0.389. The fourth-order valence-corrected chi connectivity index (χ4v) is 0.881. The summed E-state index contributed by atoms with van der Waals surface area (Å²) in [5.74, 6) is -0.271. The Morgan fingerprint density at radius 3 is 2.90 bits per heavy atom. The van der Waals surface area contributed by atoms with Gasteiger partial charge in [0.2, 0.25) is 0 Å². The lowest BCUT2D eigenvalue weighted by atomic mass is 9.81. The summed E-state index contributed by atoms with van der Waals surface area (Å²) in [5, 5.41) is 2.77. The van der Waals surface area contributed by atoms with Crippen LogP contribution in [0.4, 0.5) is 0 Å². The highest BCUT2D eigenvalue weighted by Crippen LogP contribution is 1.97. The Bertz CT molecular complexity index is 140. The smallest absolute Gasteiger partial charge is 0.306 e. The molecule has 3 nitrogen and oxygen atoms in total. The van der Waals surface area contributed by atoms with Crippen molar-refractivity contribution in [2.75, 3.05) is 6.54 Å². The van der Waals surface area contributed by atoms with Crippen molar-refractivity contribution in [1.29, 1.82) is 0 Å². The summed E-state index contributed by atoms with van der Waals surface area (Å²) < 4.78 is 0. The number of hydrogen-bond donors (Lipinski definition) is 1. The van der Waals surface area contributed by atoms with Crippen LogP contribution in [0.15, 0.2) is 0 Å². The minimum Gasteiger partial charge on any atom is -0.353 e. The molecule has 10 heavy (non-hydrogen) atoms. The van der Waals surface area contributed by atoms with Crippen molar-refractivity contribution in [1.82, 2.24) is 5.23 Å². The van der Waals surface area contributed by atoms with Crippen LogP contribution in [-0.2, 0) is 9.59 Å². The Hall–Kier alpha value is -0.635. The van der Waals surface area contributed by atoms with Crippen LogP contribution < -0.4 is 5.23 Å². The highest BCUT2D eigenvalue weighted by Gasteiger charge is 2.15. The third-order valence-electron chi connectivity index (χ3n) is 1.48. The molecule has 1 radical (unpaired) electrons. The second-order valence-corrected chi connectivity index (χ2v) is 2.34. The summed E-state index contributed by atoms with van der Waals surface area (Å²) in [4.78, 5) is 21.4. The van der Waals surface area contributed by atoms with Gasteiger partial charge in [0.05, 0.1) is 0 Å². The normalized spacial score (nSPS) is 21.2. The molecule has 1 aliphatic rings. The summed E-state index contributed by atoms with van der Waals surface area (Å²) in [6.07, 6.45) is 2.21. The molecule has 0 aromatic carbocycles. The molecule has 0 aliphatic carbocycles. The summed E-state index contributed by atoms with van der Waals surface area (Å²) in [6.45, 7) is 0.805. The first-order valence-electron chi connectivity index (χ1n) is 3.44. The van der Waals surface area contributed by atoms with E-state index >= 15 is 0 Å². The zero-order valence-electron chi connectivity index (χ0n) is 5.72. The number of nitrogens with one attached hydrogen (secondary N) is 1. The first kappa shape index (κ1) is 7.47. The van der Waals surface area contributed by atoms with Gasteiger partial charge in [0, 0.05) is 6.42 Å². The molecule has 1 saturated heterocycles. The molecule has 0 atom stereocenters. The molecule has 1 rings (SSSR count). The Morgan fingerprint density at radius 2 is 2.10 bits per heavy atom. The van der Waals surface area contributed by atoms with Crippen LogP contribution in [0.2, 0.25) is 0 Å². The number of hydrogen-bond acceptors (Lipinski definition) is 3. The van der Waals surface area contributed by atoms with Gasteiger partial charge in [0.1, 0.15) is 0 Å². The molecule has 1 fully saturated rings. The van der Waals surface area contributed by atoms with Gasteiger partial charge in [-0.3, -0.25) is 4.79 Å². The van der Waals surface area contributed by atoms with Crippen LogP contribution in [0.25, 0.3) is 0 Å². The van der Waals surface area contributed by atoms with E-state index in [0.717, 1.165) is 19.4 Å². The van der Waals surface area contributed by atoms with Gasteiger partial charge in [-0.25, -0.2) is 0 Å². The Kier molecular flexibility index (Phi) is 2.62. The van der Waals surface area contributed by atoms with Crippen LogP contribution in [0.5, 0.6) is 0 Å². The zero-order chi connectivity index (χ0) is 7.40. The van der Waals surface area contributed by atoms with Crippen molar-refractivity contribution in [2.45, 2.75) is 19.3 Å². The van der Waals surface area contributed by atoms with Gasteiger partial charge in [-0.15, -0.1) is 0 Å². The Balaban J connectivity index is 2.43. The largest absolute Gasteiger partial charge is 0.353 e. The predicted octanol–water partition coefficient (Wildman–Crippen LogP) is -0.525. The Morgan fingerprint density at radius 1 is 1.30 bits per heavy atom. The van der Waals surface area contributed by atoms with Gasteiger partial charge in [0.25, 0.3) is 0 Å².